The SMILES string of the molecule is CC1=NN(CCN)C(=O)CC1. The second kappa shape index (κ2) is 3.48. The Hall–Kier alpha value is -0.900. The Labute approximate surface area is 66.0 Å². The highest BCUT2D eigenvalue weighted by molar-refractivity contribution is 5.91. The van der Waals surface area contributed by atoms with E-state index in [4.69, 9.17) is 5.73 Å². The molecule has 4 nitrogen and oxygen atoms in total. The Kier molecular flexibility index (Phi) is 2.59. The molecule has 0 bridgehead atoms. The standard InChI is InChI=1S/C7H13N3O/c1-6-2-3-7(11)10(9-6)5-4-8/h2-5,8H2,1H3. The van der Waals surface area contributed by atoms with Crippen LogP contribution < -0.4 is 5.73 Å². The number of hydrazone groups is 1. The van der Waals surface area contributed by atoms with Gasteiger partial charge in [0.1, 0.15) is 0 Å². The molecule has 0 unspecified atom stereocenters. The zero-order valence-electron chi connectivity index (χ0n) is 6.71. The second-order valence-corrected chi connectivity index (χ2v) is 2.64. The summed E-state index contributed by atoms with van der Waals surface area (Å²) < 4.78 is 0. The van der Waals surface area contributed by atoms with Crippen LogP contribution in [-0.4, -0.2) is 29.7 Å². The van der Waals surface area contributed by atoms with E-state index in [9.17, 15) is 4.79 Å². The summed E-state index contributed by atoms with van der Waals surface area (Å²) >= 11 is 0. The van der Waals surface area contributed by atoms with E-state index in [1.165, 1.54) is 5.01 Å². The van der Waals surface area contributed by atoms with Gasteiger partial charge >= 0.3 is 0 Å². The molecule has 0 aromatic rings. The molecule has 0 aromatic heterocycles. The molecule has 0 spiro atoms. The summed E-state index contributed by atoms with van der Waals surface area (Å²) in [5.41, 5.74) is 6.32. The van der Waals surface area contributed by atoms with E-state index in [0.29, 0.717) is 19.5 Å². The van der Waals surface area contributed by atoms with Crippen molar-refractivity contribution in [1.29, 1.82) is 0 Å². The third kappa shape index (κ3) is 2.01. The maximum Gasteiger partial charge on any atom is 0.243 e. The van der Waals surface area contributed by atoms with Crippen molar-refractivity contribution in [2.24, 2.45) is 10.8 Å². The first kappa shape index (κ1) is 8.20. The fourth-order valence-electron chi connectivity index (χ4n) is 1.03. The van der Waals surface area contributed by atoms with Gasteiger partial charge in [0, 0.05) is 18.7 Å². The van der Waals surface area contributed by atoms with Gasteiger partial charge in [-0.05, 0) is 13.3 Å². The third-order valence-corrected chi connectivity index (χ3v) is 1.62. The lowest BCUT2D eigenvalue weighted by molar-refractivity contribution is -0.131. The number of amides is 1. The first-order chi connectivity index (χ1) is 5.24. The van der Waals surface area contributed by atoms with Gasteiger partial charge in [0.05, 0.1) is 6.54 Å². The predicted octanol–water partition coefficient (Wildman–Crippen LogP) is -0.0566. The molecule has 1 amide bonds. The lowest BCUT2D eigenvalue weighted by Gasteiger charge is -2.21. The number of carbonyl (C=O) groups is 1. The molecule has 2 N–H and O–H groups in total. The lowest BCUT2D eigenvalue weighted by Crippen LogP contribution is -2.34. The van der Waals surface area contributed by atoms with E-state index < -0.39 is 0 Å². The highest BCUT2D eigenvalue weighted by Gasteiger charge is 2.16. The minimum Gasteiger partial charge on any atom is -0.329 e. The van der Waals surface area contributed by atoms with E-state index in [0.717, 1.165) is 12.1 Å². The molecule has 0 fully saturated rings. The summed E-state index contributed by atoms with van der Waals surface area (Å²) in [4.78, 5) is 11.1. The number of nitrogens with zero attached hydrogens (tertiary/aromatic N) is 2. The minimum absolute atomic E-state index is 0.0843. The van der Waals surface area contributed by atoms with Crippen LogP contribution >= 0.6 is 0 Å². The molecule has 4 heteroatoms. The number of hydrogen-bond acceptors (Lipinski definition) is 3. The average Bonchev–Trinajstić information content (AvgIpc) is 1.98. The maximum absolute atomic E-state index is 11.1. The molecule has 1 heterocycles. The van der Waals surface area contributed by atoms with Gasteiger partial charge in [-0.15, -0.1) is 0 Å². The largest absolute Gasteiger partial charge is 0.329 e. The van der Waals surface area contributed by atoms with Crippen molar-refractivity contribution >= 4 is 11.6 Å². The molecule has 0 saturated carbocycles. The van der Waals surface area contributed by atoms with Crippen LogP contribution in [0.1, 0.15) is 19.8 Å². The number of carbonyl (C=O) groups excluding carboxylic acids is 1. The van der Waals surface area contributed by atoms with Crippen LogP contribution in [0.2, 0.25) is 0 Å². The smallest absolute Gasteiger partial charge is 0.243 e. The summed E-state index contributed by atoms with van der Waals surface area (Å²) in [5, 5.41) is 5.53. The Morgan fingerprint density at radius 1 is 1.64 bits per heavy atom. The molecule has 0 aromatic carbocycles. The summed E-state index contributed by atoms with van der Waals surface area (Å²) in [7, 11) is 0. The van der Waals surface area contributed by atoms with Crippen molar-refractivity contribution in [3.05, 3.63) is 0 Å². The highest BCUT2D eigenvalue weighted by Crippen LogP contribution is 2.07. The van der Waals surface area contributed by atoms with Crippen molar-refractivity contribution in [2.75, 3.05) is 13.1 Å². The molecule has 1 aliphatic rings. The summed E-state index contributed by atoms with van der Waals surface area (Å²) in [6.45, 7) is 2.94. The van der Waals surface area contributed by atoms with Gasteiger partial charge in [-0.3, -0.25) is 4.79 Å². The first-order valence-electron chi connectivity index (χ1n) is 3.78. The second-order valence-electron chi connectivity index (χ2n) is 2.64. The number of rotatable bonds is 2. The van der Waals surface area contributed by atoms with E-state index in [-0.39, 0.29) is 5.91 Å². The topological polar surface area (TPSA) is 58.7 Å². The fraction of sp³-hybridized carbons (Fsp3) is 0.714. The summed E-state index contributed by atoms with van der Waals surface area (Å²) in [6.07, 6.45) is 1.37. The Morgan fingerprint density at radius 2 is 2.36 bits per heavy atom. The van der Waals surface area contributed by atoms with Crippen molar-refractivity contribution in [1.82, 2.24) is 5.01 Å². The number of nitrogens with two attached hydrogens (primary N) is 1. The van der Waals surface area contributed by atoms with E-state index in [1.54, 1.807) is 0 Å². The summed E-state index contributed by atoms with van der Waals surface area (Å²) in [5.74, 6) is 0.0843. The molecule has 1 aliphatic heterocycles. The van der Waals surface area contributed by atoms with Crippen LogP contribution in [0.25, 0.3) is 0 Å². The van der Waals surface area contributed by atoms with Gasteiger partial charge < -0.3 is 5.73 Å². The predicted molar refractivity (Wildman–Crippen MR) is 43.1 cm³/mol. The van der Waals surface area contributed by atoms with Crippen LogP contribution in [0.4, 0.5) is 0 Å². The highest BCUT2D eigenvalue weighted by atomic mass is 16.2. The molecule has 62 valence electrons. The van der Waals surface area contributed by atoms with Crippen molar-refractivity contribution in [3.63, 3.8) is 0 Å². The van der Waals surface area contributed by atoms with Crippen LogP contribution in [0.3, 0.4) is 0 Å². The zero-order valence-corrected chi connectivity index (χ0v) is 6.71. The van der Waals surface area contributed by atoms with Crippen LogP contribution in [0, 0.1) is 0 Å². The van der Waals surface area contributed by atoms with Crippen molar-refractivity contribution in [2.45, 2.75) is 19.8 Å². The fourth-order valence-corrected chi connectivity index (χ4v) is 1.03. The molecule has 11 heavy (non-hydrogen) atoms. The van der Waals surface area contributed by atoms with Crippen molar-refractivity contribution in [3.8, 4) is 0 Å². The Bertz CT molecular complexity index is 188. The van der Waals surface area contributed by atoms with Gasteiger partial charge in [-0.1, -0.05) is 0 Å². The number of hydrogen-bond donors (Lipinski definition) is 1. The van der Waals surface area contributed by atoms with Gasteiger partial charge in [-0.2, -0.15) is 5.10 Å². The Morgan fingerprint density at radius 3 is 3.00 bits per heavy atom. The quantitative estimate of drug-likeness (QED) is 0.607. The normalized spacial score (nSPS) is 18.5. The molecule has 0 aliphatic carbocycles. The molecular formula is C7H13N3O. The molecule has 0 radical (unpaired) electrons. The molecule has 0 saturated heterocycles. The van der Waals surface area contributed by atoms with Crippen LogP contribution in [-0.2, 0) is 4.79 Å². The monoisotopic (exact) mass is 155 g/mol. The maximum atomic E-state index is 11.1. The lowest BCUT2D eigenvalue weighted by atomic mass is 10.2. The average molecular weight is 155 g/mol. The van der Waals surface area contributed by atoms with Crippen LogP contribution in [0.5, 0.6) is 0 Å². The Balaban J connectivity index is 2.59. The molecular weight excluding hydrogens is 142 g/mol. The third-order valence-electron chi connectivity index (χ3n) is 1.62. The zero-order chi connectivity index (χ0) is 8.27. The first-order valence-corrected chi connectivity index (χ1v) is 3.78. The van der Waals surface area contributed by atoms with Crippen molar-refractivity contribution < 1.29 is 4.79 Å². The van der Waals surface area contributed by atoms with Gasteiger partial charge in [-0.25, -0.2) is 5.01 Å². The van der Waals surface area contributed by atoms with Gasteiger partial charge in [0.2, 0.25) is 5.91 Å². The minimum atomic E-state index is 0.0843. The van der Waals surface area contributed by atoms with Gasteiger partial charge in [0.25, 0.3) is 0 Å². The van der Waals surface area contributed by atoms with E-state index in [1.807, 2.05) is 6.92 Å². The summed E-state index contributed by atoms with van der Waals surface area (Å²) in [6, 6.07) is 0. The van der Waals surface area contributed by atoms with E-state index >= 15 is 0 Å². The van der Waals surface area contributed by atoms with Gasteiger partial charge in [0.15, 0.2) is 0 Å². The molecule has 1 rings (SSSR count). The molecule has 0 atom stereocenters. The van der Waals surface area contributed by atoms with Crippen LogP contribution in [0.15, 0.2) is 5.10 Å². The van der Waals surface area contributed by atoms with E-state index in [2.05, 4.69) is 5.10 Å².